The first-order valence-electron chi connectivity index (χ1n) is 8.25. The van der Waals surface area contributed by atoms with E-state index in [-0.39, 0.29) is 11.9 Å². The summed E-state index contributed by atoms with van der Waals surface area (Å²) in [6.07, 6.45) is 2.30. The fourth-order valence-corrected chi connectivity index (χ4v) is 3.72. The molecule has 7 heteroatoms. The van der Waals surface area contributed by atoms with E-state index >= 15 is 0 Å². The van der Waals surface area contributed by atoms with E-state index in [4.69, 9.17) is 0 Å². The molecule has 0 aliphatic heterocycles. The molecule has 0 spiro atoms. The van der Waals surface area contributed by atoms with Gasteiger partial charge in [-0.25, -0.2) is 9.50 Å². The first-order valence-corrected chi connectivity index (χ1v) is 9.13. The van der Waals surface area contributed by atoms with E-state index in [9.17, 15) is 4.79 Å². The normalized spacial score (nSPS) is 12.7. The third kappa shape index (κ3) is 3.02. The molecular weight excluding hydrogens is 334 g/mol. The molecule has 6 nitrogen and oxygen atoms in total. The van der Waals surface area contributed by atoms with Crippen LogP contribution in [0.3, 0.4) is 0 Å². The molecule has 1 amide bonds. The number of imidazole rings is 1. The second kappa shape index (κ2) is 6.33. The smallest absolute Gasteiger partial charge is 0.222 e. The van der Waals surface area contributed by atoms with Gasteiger partial charge in [0.15, 0.2) is 0 Å². The number of nitrogens with one attached hydrogen (secondary N) is 1. The van der Waals surface area contributed by atoms with E-state index in [0.717, 1.165) is 10.7 Å². The number of aromatic nitrogens is 4. The average Bonchev–Trinajstić information content (AvgIpc) is 3.25. The monoisotopic (exact) mass is 353 g/mol. The summed E-state index contributed by atoms with van der Waals surface area (Å²) >= 11 is 1.48. The van der Waals surface area contributed by atoms with E-state index in [1.54, 1.807) is 10.0 Å². The van der Waals surface area contributed by atoms with Crippen molar-refractivity contribution in [2.45, 2.75) is 32.9 Å². The molecule has 0 saturated carbocycles. The number of benzene rings is 1. The van der Waals surface area contributed by atoms with Gasteiger partial charge in [0.2, 0.25) is 10.9 Å². The minimum absolute atomic E-state index is 0.0222. The second-order valence-electron chi connectivity index (χ2n) is 6.17. The van der Waals surface area contributed by atoms with Crippen LogP contribution < -0.4 is 5.32 Å². The number of rotatable bonds is 5. The van der Waals surface area contributed by atoms with Gasteiger partial charge in [-0.15, -0.1) is 0 Å². The lowest BCUT2D eigenvalue weighted by Gasteiger charge is -2.13. The molecular formula is C18H19N5OS. The van der Waals surface area contributed by atoms with E-state index in [1.165, 1.54) is 27.9 Å². The summed E-state index contributed by atoms with van der Waals surface area (Å²) in [5.74, 6) is 0.0222. The minimum Gasteiger partial charge on any atom is -0.348 e. The van der Waals surface area contributed by atoms with E-state index in [0.29, 0.717) is 13.0 Å². The number of amides is 1. The van der Waals surface area contributed by atoms with Gasteiger partial charge in [-0.05, 0) is 31.4 Å². The van der Waals surface area contributed by atoms with Gasteiger partial charge in [-0.3, -0.25) is 4.79 Å². The van der Waals surface area contributed by atoms with Gasteiger partial charge in [0, 0.05) is 24.2 Å². The zero-order valence-electron chi connectivity index (χ0n) is 14.1. The molecule has 0 radical (unpaired) electrons. The molecule has 1 aromatic carbocycles. The van der Waals surface area contributed by atoms with E-state index in [1.807, 2.05) is 25.3 Å². The van der Waals surface area contributed by atoms with Crippen molar-refractivity contribution in [2.75, 3.05) is 0 Å². The molecule has 4 rings (SSSR count). The molecule has 0 unspecified atom stereocenters. The molecule has 25 heavy (non-hydrogen) atoms. The SMILES string of the molecule is Cc1cc2ccccc2n1CCC(=O)N[C@@H](C)c1cn2ncsc2n1. The molecule has 1 N–H and O–H groups in total. The summed E-state index contributed by atoms with van der Waals surface area (Å²) < 4.78 is 3.92. The van der Waals surface area contributed by atoms with Crippen LogP contribution in [0.5, 0.6) is 0 Å². The van der Waals surface area contributed by atoms with Crippen LogP contribution in [-0.4, -0.2) is 25.1 Å². The topological polar surface area (TPSA) is 64.2 Å². The van der Waals surface area contributed by atoms with E-state index in [2.05, 4.69) is 45.1 Å². The molecule has 3 heterocycles. The van der Waals surface area contributed by atoms with Crippen molar-refractivity contribution in [3.8, 4) is 0 Å². The lowest BCUT2D eigenvalue weighted by atomic mass is 10.2. The Kier molecular flexibility index (Phi) is 4.01. The van der Waals surface area contributed by atoms with Crippen molar-refractivity contribution in [2.24, 2.45) is 0 Å². The van der Waals surface area contributed by atoms with Crippen molar-refractivity contribution >= 4 is 33.1 Å². The van der Waals surface area contributed by atoms with Crippen LogP contribution in [0.4, 0.5) is 0 Å². The Balaban J connectivity index is 1.41. The van der Waals surface area contributed by atoms with Crippen LogP contribution >= 0.6 is 11.3 Å². The average molecular weight is 353 g/mol. The van der Waals surface area contributed by atoms with Gasteiger partial charge in [0.25, 0.3) is 0 Å². The third-order valence-corrected chi connectivity index (χ3v) is 5.10. The number of fused-ring (bicyclic) bond motifs is 2. The van der Waals surface area contributed by atoms with Gasteiger partial charge in [-0.1, -0.05) is 29.5 Å². The van der Waals surface area contributed by atoms with E-state index < -0.39 is 0 Å². The zero-order valence-corrected chi connectivity index (χ0v) is 15.0. The van der Waals surface area contributed by atoms with Crippen LogP contribution in [0.1, 0.15) is 30.8 Å². The Labute approximate surface area is 149 Å². The van der Waals surface area contributed by atoms with Crippen LogP contribution in [0, 0.1) is 6.92 Å². The van der Waals surface area contributed by atoms with Crippen molar-refractivity contribution in [1.82, 2.24) is 24.5 Å². The fraction of sp³-hybridized carbons (Fsp3) is 0.278. The predicted octanol–water partition coefficient (Wildman–Crippen LogP) is 3.32. The van der Waals surface area contributed by atoms with Crippen LogP contribution in [0.25, 0.3) is 15.9 Å². The van der Waals surface area contributed by atoms with Gasteiger partial charge in [0.1, 0.15) is 5.51 Å². The summed E-state index contributed by atoms with van der Waals surface area (Å²) in [7, 11) is 0. The minimum atomic E-state index is -0.135. The molecule has 0 bridgehead atoms. The van der Waals surface area contributed by atoms with Crippen molar-refractivity contribution < 1.29 is 4.79 Å². The number of aryl methyl sites for hydroxylation is 2. The number of hydrogen-bond donors (Lipinski definition) is 1. The van der Waals surface area contributed by atoms with Crippen LogP contribution in [0.2, 0.25) is 0 Å². The highest BCUT2D eigenvalue weighted by Gasteiger charge is 2.14. The number of hydrogen-bond acceptors (Lipinski definition) is 4. The summed E-state index contributed by atoms with van der Waals surface area (Å²) in [5, 5.41) is 8.40. The molecule has 0 saturated heterocycles. The summed E-state index contributed by atoms with van der Waals surface area (Å²) in [6.45, 7) is 4.68. The van der Waals surface area contributed by atoms with Gasteiger partial charge in [0.05, 0.1) is 17.9 Å². The Hall–Kier alpha value is -2.67. The number of carbonyl (C=O) groups excluding carboxylic acids is 1. The Bertz CT molecular complexity index is 1020. The fourth-order valence-electron chi connectivity index (χ4n) is 3.11. The summed E-state index contributed by atoms with van der Waals surface area (Å²) in [6, 6.07) is 10.3. The quantitative estimate of drug-likeness (QED) is 0.599. The summed E-state index contributed by atoms with van der Waals surface area (Å²) in [5.41, 5.74) is 4.91. The Morgan fingerprint density at radius 2 is 2.20 bits per heavy atom. The standard InChI is InChI=1S/C18H19N5OS/c1-12-9-14-5-3-4-6-16(14)22(12)8-7-17(24)20-13(2)15-10-23-18(21-15)25-11-19-23/h3-6,9-11,13H,7-8H2,1-2H3,(H,20,24)/t13-/m0/s1. The zero-order chi connectivity index (χ0) is 17.4. The molecule has 1 atom stereocenters. The Morgan fingerprint density at radius 1 is 1.36 bits per heavy atom. The van der Waals surface area contributed by atoms with Crippen LogP contribution in [-0.2, 0) is 11.3 Å². The third-order valence-electron chi connectivity index (χ3n) is 4.41. The lowest BCUT2D eigenvalue weighted by Crippen LogP contribution is -2.27. The van der Waals surface area contributed by atoms with Crippen molar-refractivity contribution in [3.05, 3.63) is 53.4 Å². The van der Waals surface area contributed by atoms with Crippen LogP contribution in [0.15, 0.2) is 42.0 Å². The Morgan fingerprint density at radius 3 is 3.04 bits per heavy atom. The molecule has 0 aliphatic rings. The largest absolute Gasteiger partial charge is 0.348 e. The predicted molar refractivity (Wildman–Crippen MR) is 98.7 cm³/mol. The highest BCUT2D eigenvalue weighted by atomic mass is 32.1. The molecule has 0 fully saturated rings. The van der Waals surface area contributed by atoms with Gasteiger partial charge in [-0.2, -0.15) is 5.10 Å². The first kappa shape index (κ1) is 15.8. The number of para-hydroxylation sites is 1. The summed E-state index contributed by atoms with van der Waals surface area (Å²) in [4.78, 5) is 17.7. The maximum absolute atomic E-state index is 12.4. The molecule has 128 valence electrons. The highest BCUT2D eigenvalue weighted by molar-refractivity contribution is 7.14. The van der Waals surface area contributed by atoms with Crippen molar-refractivity contribution in [1.29, 1.82) is 0 Å². The van der Waals surface area contributed by atoms with Gasteiger partial charge < -0.3 is 9.88 Å². The second-order valence-corrected chi connectivity index (χ2v) is 6.98. The van der Waals surface area contributed by atoms with Gasteiger partial charge >= 0.3 is 0 Å². The number of nitrogens with zero attached hydrogens (tertiary/aromatic N) is 4. The maximum atomic E-state index is 12.4. The highest BCUT2D eigenvalue weighted by Crippen LogP contribution is 2.20. The lowest BCUT2D eigenvalue weighted by molar-refractivity contribution is -0.121. The first-order chi connectivity index (χ1) is 12.1. The molecule has 4 aromatic rings. The molecule has 0 aliphatic carbocycles. The van der Waals surface area contributed by atoms with Crippen molar-refractivity contribution in [3.63, 3.8) is 0 Å². The molecule has 3 aromatic heterocycles. The maximum Gasteiger partial charge on any atom is 0.222 e. The number of carbonyl (C=O) groups is 1.